The van der Waals surface area contributed by atoms with Gasteiger partial charge in [0.05, 0.1) is 12.1 Å². The lowest BCUT2D eigenvalue weighted by Crippen LogP contribution is -2.09. The number of hydrogen-bond acceptors (Lipinski definition) is 6. The van der Waals surface area contributed by atoms with Gasteiger partial charge in [-0.1, -0.05) is 11.8 Å². The Kier molecular flexibility index (Phi) is 5.43. The van der Waals surface area contributed by atoms with Crippen LogP contribution in [0.15, 0.2) is 24.3 Å². The minimum atomic E-state index is -0.960. The van der Waals surface area contributed by atoms with Crippen molar-refractivity contribution in [3.05, 3.63) is 29.5 Å². The van der Waals surface area contributed by atoms with Crippen LogP contribution >= 0.6 is 11.8 Å². The summed E-state index contributed by atoms with van der Waals surface area (Å²) in [5, 5.41) is 29.3. The number of aliphatic carboxylic acids is 1. The molecule has 0 radical (unpaired) electrons. The Bertz CT molecular complexity index is 421. The number of amides is 1. The first-order valence-corrected chi connectivity index (χ1v) is 5.89. The van der Waals surface area contributed by atoms with Crippen molar-refractivity contribution in [1.29, 1.82) is 0 Å². The van der Waals surface area contributed by atoms with E-state index in [1.54, 1.807) is 0 Å². The molecule has 7 nitrogen and oxygen atoms in total. The smallest absolute Gasteiger partial charge is 0.304 e. The van der Waals surface area contributed by atoms with Crippen LogP contribution in [0.25, 0.3) is 0 Å². The average molecular weight is 271 g/mol. The first kappa shape index (κ1) is 14.3. The highest BCUT2D eigenvalue weighted by molar-refractivity contribution is 8.13. The van der Waals surface area contributed by atoms with Crippen molar-refractivity contribution >= 4 is 34.3 Å². The highest BCUT2D eigenvalue weighted by Crippen LogP contribution is 2.17. The summed E-state index contributed by atoms with van der Waals surface area (Å²) in [4.78, 5) is 21.6. The molecule has 8 heteroatoms. The van der Waals surface area contributed by atoms with E-state index in [1.165, 1.54) is 24.3 Å². The van der Waals surface area contributed by atoms with Gasteiger partial charge in [-0.3, -0.25) is 14.8 Å². The fourth-order valence-electron chi connectivity index (χ4n) is 1.06. The third-order valence-corrected chi connectivity index (χ3v) is 2.66. The van der Waals surface area contributed by atoms with Gasteiger partial charge < -0.3 is 20.9 Å². The van der Waals surface area contributed by atoms with E-state index in [4.69, 9.17) is 10.3 Å². The molecule has 18 heavy (non-hydrogen) atoms. The molecule has 0 heterocycles. The lowest BCUT2D eigenvalue weighted by molar-refractivity contribution is -0.136. The highest BCUT2D eigenvalue weighted by Gasteiger charge is 2.05. The Morgan fingerprint density at radius 1 is 1.33 bits per heavy atom. The Morgan fingerprint density at radius 2 is 1.94 bits per heavy atom. The number of carboxylic acid groups (broad SMARTS) is 1. The molecule has 0 unspecified atom stereocenters. The first-order valence-electron chi connectivity index (χ1n) is 4.91. The minimum absolute atomic E-state index is 0.0477. The topological polar surface area (TPSA) is 113 Å². The number of rotatable bonds is 5. The fourth-order valence-corrected chi connectivity index (χ4v) is 1.71. The summed E-state index contributed by atoms with van der Waals surface area (Å²) in [6.45, 7) is 0. The van der Waals surface area contributed by atoms with Crippen LogP contribution in [0.4, 0.5) is 16.2 Å². The van der Waals surface area contributed by atoms with Crippen LogP contribution in [0.1, 0.15) is 6.42 Å². The van der Waals surface area contributed by atoms with Gasteiger partial charge in [-0.05, 0) is 24.3 Å². The predicted octanol–water partition coefficient (Wildman–Crippen LogP) is 2.12. The average Bonchev–Trinajstić information content (AvgIpc) is 2.29. The van der Waals surface area contributed by atoms with Gasteiger partial charge in [-0.15, -0.1) is 0 Å². The summed E-state index contributed by atoms with van der Waals surface area (Å²) in [5.41, 5.74) is 0.500. The van der Waals surface area contributed by atoms with Crippen molar-refractivity contribution in [2.75, 3.05) is 16.3 Å². The standard InChI is InChI=1S/C10H11N2O5S/c13-9(14)5-6-18-10(15)11-7-1-3-8(4-2-7)12(16)17/h1-4,16H,5-6H2,(H,11,15)(H,13,14)/q-1. The minimum Gasteiger partial charge on any atom is -0.733 e. The zero-order valence-electron chi connectivity index (χ0n) is 9.20. The molecule has 0 saturated heterocycles. The third-order valence-electron chi connectivity index (χ3n) is 1.88. The SMILES string of the molecule is O=C(O)CCSC(=O)Nc1ccc(N([O-])O)cc1. The van der Waals surface area contributed by atoms with Crippen LogP contribution in [0.5, 0.6) is 0 Å². The predicted molar refractivity (Wildman–Crippen MR) is 67.8 cm³/mol. The molecule has 0 aromatic heterocycles. The number of anilines is 2. The lowest BCUT2D eigenvalue weighted by atomic mass is 10.3. The summed E-state index contributed by atoms with van der Waals surface area (Å²) < 4.78 is 0. The van der Waals surface area contributed by atoms with E-state index in [0.717, 1.165) is 11.8 Å². The molecule has 1 amide bonds. The molecule has 98 valence electrons. The van der Waals surface area contributed by atoms with Crippen molar-refractivity contribution in [3.63, 3.8) is 0 Å². The van der Waals surface area contributed by atoms with Gasteiger partial charge in [-0.25, -0.2) is 0 Å². The Morgan fingerprint density at radius 3 is 2.44 bits per heavy atom. The zero-order chi connectivity index (χ0) is 13.5. The molecule has 0 aliphatic rings. The normalized spacial score (nSPS) is 9.89. The maximum atomic E-state index is 11.4. The van der Waals surface area contributed by atoms with Crippen molar-refractivity contribution < 1.29 is 19.9 Å². The zero-order valence-corrected chi connectivity index (χ0v) is 10.0. The molecule has 0 saturated carbocycles. The van der Waals surface area contributed by atoms with E-state index in [0.29, 0.717) is 5.69 Å². The number of carbonyl (C=O) groups is 2. The fraction of sp³-hybridized carbons (Fsp3) is 0.200. The van der Waals surface area contributed by atoms with E-state index in [1.807, 2.05) is 0 Å². The Hall–Kier alpha value is -1.77. The van der Waals surface area contributed by atoms with Crippen LogP contribution < -0.4 is 10.5 Å². The summed E-state index contributed by atoms with van der Waals surface area (Å²) in [6.07, 6.45) is -0.0906. The van der Waals surface area contributed by atoms with E-state index < -0.39 is 5.97 Å². The first-order chi connectivity index (χ1) is 8.49. The molecule has 1 aromatic carbocycles. The molecule has 1 rings (SSSR count). The second-order valence-electron chi connectivity index (χ2n) is 3.22. The quantitative estimate of drug-likeness (QED) is 0.703. The molecule has 0 aliphatic heterocycles. The summed E-state index contributed by atoms with van der Waals surface area (Å²) in [5.74, 6) is -0.775. The van der Waals surface area contributed by atoms with Crippen LogP contribution in [-0.4, -0.2) is 27.3 Å². The molecule has 0 fully saturated rings. The van der Waals surface area contributed by atoms with Gasteiger partial charge in [0.2, 0.25) is 0 Å². The molecule has 0 atom stereocenters. The van der Waals surface area contributed by atoms with Gasteiger partial charge >= 0.3 is 5.97 Å². The van der Waals surface area contributed by atoms with E-state index in [9.17, 15) is 14.8 Å². The van der Waals surface area contributed by atoms with Gasteiger partial charge in [0.25, 0.3) is 5.24 Å². The number of carbonyl (C=O) groups excluding carboxylic acids is 1. The second kappa shape index (κ2) is 6.84. The van der Waals surface area contributed by atoms with Crippen molar-refractivity contribution in [2.24, 2.45) is 0 Å². The number of thioether (sulfide) groups is 1. The van der Waals surface area contributed by atoms with Gasteiger partial charge in [0, 0.05) is 11.4 Å². The molecule has 0 bridgehead atoms. The van der Waals surface area contributed by atoms with E-state index in [2.05, 4.69) is 5.32 Å². The Labute approximate surface area is 107 Å². The van der Waals surface area contributed by atoms with Crippen LogP contribution in [-0.2, 0) is 4.79 Å². The largest absolute Gasteiger partial charge is 0.733 e. The molecule has 3 N–H and O–H groups in total. The van der Waals surface area contributed by atoms with Crippen LogP contribution in [0.3, 0.4) is 0 Å². The maximum Gasteiger partial charge on any atom is 0.304 e. The van der Waals surface area contributed by atoms with Gasteiger partial charge in [-0.2, -0.15) is 0 Å². The molecular weight excluding hydrogens is 260 g/mol. The third kappa shape index (κ3) is 5.04. The Balaban J connectivity index is 2.42. The maximum absolute atomic E-state index is 11.4. The van der Waals surface area contributed by atoms with Crippen molar-refractivity contribution in [2.45, 2.75) is 6.42 Å². The molecular formula is C10H11N2O5S-. The van der Waals surface area contributed by atoms with Crippen molar-refractivity contribution in [3.8, 4) is 0 Å². The lowest BCUT2D eigenvalue weighted by Gasteiger charge is -2.21. The van der Waals surface area contributed by atoms with Gasteiger partial charge in [0.15, 0.2) is 0 Å². The molecule has 0 spiro atoms. The highest BCUT2D eigenvalue weighted by atomic mass is 32.2. The van der Waals surface area contributed by atoms with Crippen molar-refractivity contribution in [1.82, 2.24) is 0 Å². The number of nitrogens with one attached hydrogen (secondary N) is 1. The van der Waals surface area contributed by atoms with E-state index in [-0.39, 0.29) is 28.3 Å². The van der Waals surface area contributed by atoms with Crippen LogP contribution in [0, 0.1) is 5.21 Å². The number of nitrogens with zero attached hydrogens (tertiary/aromatic N) is 1. The summed E-state index contributed by atoms with van der Waals surface area (Å²) >= 11 is 0.858. The number of carboxylic acids is 1. The monoisotopic (exact) mass is 271 g/mol. The van der Waals surface area contributed by atoms with Gasteiger partial charge in [0.1, 0.15) is 0 Å². The summed E-state index contributed by atoms with van der Waals surface area (Å²) in [7, 11) is 0. The molecule has 0 aliphatic carbocycles. The van der Waals surface area contributed by atoms with E-state index >= 15 is 0 Å². The summed E-state index contributed by atoms with van der Waals surface area (Å²) in [6, 6.07) is 5.58. The number of benzene rings is 1. The molecule has 1 aromatic rings. The van der Waals surface area contributed by atoms with Crippen LogP contribution in [0.2, 0.25) is 0 Å². The number of hydrogen-bond donors (Lipinski definition) is 3. The second-order valence-corrected chi connectivity index (χ2v) is 4.29.